The molecule has 1 atom stereocenters. The summed E-state index contributed by atoms with van der Waals surface area (Å²) in [5, 5.41) is 2.84. The second-order valence-electron chi connectivity index (χ2n) is 8.13. The van der Waals surface area contributed by atoms with E-state index < -0.39 is 11.6 Å². The molecule has 1 aromatic carbocycles. The Morgan fingerprint density at radius 2 is 2.06 bits per heavy atom. The number of nitrogens with one attached hydrogen (secondary N) is 2. The molecule has 4 aromatic rings. The normalized spacial score (nSPS) is 15.9. The molecule has 0 radical (unpaired) electrons. The number of halogens is 2. The highest BCUT2D eigenvalue weighted by Gasteiger charge is 2.22. The second kappa shape index (κ2) is 10.5. The summed E-state index contributed by atoms with van der Waals surface area (Å²) in [5.74, 6) is -0.396. The van der Waals surface area contributed by atoms with Crippen LogP contribution in [0.1, 0.15) is 38.8 Å². The van der Waals surface area contributed by atoms with Gasteiger partial charge in [-0.3, -0.25) is 4.57 Å². The van der Waals surface area contributed by atoms with E-state index in [1.165, 1.54) is 30.4 Å². The second-order valence-corrected chi connectivity index (χ2v) is 9.03. The number of hydrogen-bond acceptors (Lipinski definition) is 8. The average Bonchev–Trinajstić information content (AvgIpc) is 3.33. The fourth-order valence-corrected chi connectivity index (χ4v) is 4.61. The van der Waals surface area contributed by atoms with Crippen molar-refractivity contribution >= 4 is 40.3 Å². The Kier molecular flexibility index (Phi) is 7.05. The van der Waals surface area contributed by atoms with Crippen molar-refractivity contribution in [3.63, 3.8) is 0 Å². The van der Waals surface area contributed by atoms with Crippen molar-refractivity contribution in [1.82, 2.24) is 24.5 Å². The van der Waals surface area contributed by atoms with Crippen LogP contribution in [0.15, 0.2) is 43.1 Å². The van der Waals surface area contributed by atoms with Crippen molar-refractivity contribution in [3.8, 4) is 11.3 Å². The van der Waals surface area contributed by atoms with Crippen LogP contribution >= 0.6 is 11.9 Å². The predicted molar refractivity (Wildman–Crippen MR) is 133 cm³/mol. The zero-order valence-corrected chi connectivity index (χ0v) is 20.0. The third-order valence-electron chi connectivity index (χ3n) is 5.71. The Balaban J connectivity index is 1.51. The van der Waals surface area contributed by atoms with Gasteiger partial charge in [0.2, 0.25) is 0 Å². The lowest BCUT2D eigenvalue weighted by Crippen LogP contribution is -2.17. The molecule has 5 rings (SSSR count). The molecular formula is C24H25F2N7OS. The minimum Gasteiger partial charge on any atom is -0.358 e. The molecule has 8 nitrogen and oxygen atoms in total. The molecular weight excluding hydrogens is 472 g/mol. The first-order valence-corrected chi connectivity index (χ1v) is 12.5. The fourth-order valence-electron chi connectivity index (χ4n) is 3.99. The molecule has 1 aliphatic heterocycles. The molecule has 35 heavy (non-hydrogen) atoms. The third kappa shape index (κ3) is 4.78. The number of aromatic nitrogens is 5. The number of nitrogens with zero attached hydrogens (tertiary/aromatic N) is 5. The molecule has 0 spiro atoms. The quantitative estimate of drug-likeness (QED) is 0.224. The summed E-state index contributed by atoms with van der Waals surface area (Å²) in [5.41, 5.74) is 2.15. The monoisotopic (exact) mass is 497 g/mol. The molecule has 1 unspecified atom stereocenters. The largest absolute Gasteiger partial charge is 0.358 e. The highest BCUT2D eigenvalue weighted by molar-refractivity contribution is 8.00. The van der Waals surface area contributed by atoms with Crippen LogP contribution in [0.25, 0.3) is 22.4 Å². The van der Waals surface area contributed by atoms with Gasteiger partial charge < -0.3 is 14.8 Å². The highest BCUT2D eigenvalue weighted by atomic mass is 32.2. The first-order valence-electron chi connectivity index (χ1n) is 11.5. The SMILES string of the molecule is CCCSNc1ccc(F)c(Nc2ncccc2-c2ncnc3c2ncn3C2CCCCO2)c1F. The van der Waals surface area contributed by atoms with Gasteiger partial charge in [0, 0.05) is 24.1 Å². The van der Waals surface area contributed by atoms with Crippen LogP contribution in [0.5, 0.6) is 0 Å². The number of pyridine rings is 1. The molecule has 4 heterocycles. The summed E-state index contributed by atoms with van der Waals surface area (Å²) in [6.45, 7) is 2.72. The zero-order chi connectivity index (χ0) is 24.2. The van der Waals surface area contributed by atoms with Gasteiger partial charge in [-0.25, -0.2) is 28.7 Å². The van der Waals surface area contributed by atoms with Gasteiger partial charge >= 0.3 is 0 Å². The molecule has 2 N–H and O–H groups in total. The fraction of sp³-hybridized carbons (Fsp3) is 0.333. The van der Waals surface area contributed by atoms with E-state index in [-0.39, 0.29) is 23.4 Å². The number of rotatable bonds is 8. The van der Waals surface area contributed by atoms with Crippen LogP contribution in [0.2, 0.25) is 0 Å². The number of anilines is 3. The maximum absolute atomic E-state index is 15.2. The van der Waals surface area contributed by atoms with Gasteiger partial charge in [0.15, 0.2) is 11.5 Å². The Labute approximate surface area is 205 Å². The molecule has 0 saturated carbocycles. The van der Waals surface area contributed by atoms with Crippen molar-refractivity contribution in [2.24, 2.45) is 0 Å². The summed E-state index contributed by atoms with van der Waals surface area (Å²) in [6.07, 6.45) is 8.48. The maximum atomic E-state index is 15.2. The first kappa shape index (κ1) is 23.4. The Hall–Kier alpha value is -3.31. The van der Waals surface area contributed by atoms with E-state index in [1.807, 2.05) is 11.5 Å². The lowest BCUT2D eigenvalue weighted by Gasteiger charge is -2.23. The topological polar surface area (TPSA) is 89.8 Å². The van der Waals surface area contributed by atoms with E-state index in [0.717, 1.165) is 31.4 Å². The van der Waals surface area contributed by atoms with Crippen molar-refractivity contribution in [2.45, 2.75) is 38.8 Å². The summed E-state index contributed by atoms with van der Waals surface area (Å²) in [4.78, 5) is 17.8. The molecule has 0 amide bonds. The van der Waals surface area contributed by atoms with Crippen LogP contribution in [0.4, 0.5) is 26.0 Å². The summed E-state index contributed by atoms with van der Waals surface area (Å²) < 4.78 is 40.6. The number of imidazole rings is 1. The van der Waals surface area contributed by atoms with Crippen molar-refractivity contribution in [2.75, 3.05) is 22.4 Å². The average molecular weight is 498 g/mol. The van der Waals surface area contributed by atoms with Crippen LogP contribution in [-0.2, 0) is 4.74 Å². The van der Waals surface area contributed by atoms with Gasteiger partial charge in [0.05, 0.1) is 12.0 Å². The van der Waals surface area contributed by atoms with Crippen molar-refractivity contribution < 1.29 is 13.5 Å². The smallest absolute Gasteiger partial charge is 0.173 e. The van der Waals surface area contributed by atoms with Crippen LogP contribution in [0, 0.1) is 11.6 Å². The Bertz CT molecular complexity index is 1330. The molecule has 1 aliphatic rings. The molecule has 0 aliphatic carbocycles. The Morgan fingerprint density at radius 3 is 2.89 bits per heavy atom. The minimum absolute atomic E-state index is 0.132. The van der Waals surface area contributed by atoms with Crippen LogP contribution in [-0.4, -0.2) is 36.9 Å². The summed E-state index contributed by atoms with van der Waals surface area (Å²) in [7, 11) is 0. The zero-order valence-electron chi connectivity index (χ0n) is 19.2. The molecule has 11 heteroatoms. The van der Waals surface area contributed by atoms with Gasteiger partial charge in [-0.15, -0.1) is 0 Å². The standard InChI is InChI=1S/C24H25F2N7OS/c1-2-12-35-32-17-9-8-16(25)21(19(17)26)31-23-15(6-5-10-27-23)20-22-24(29-13-28-20)33(14-30-22)18-7-3-4-11-34-18/h5-6,8-10,13-14,18,32H,2-4,7,11-12H2,1H3,(H,27,31). The summed E-state index contributed by atoms with van der Waals surface area (Å²) >= 11 is 1.36. The molecule has 1 fully saturated rings. The number of hydrogen-bond donors (Lipinski definition) is 2. The summed E-state index contributed by atoms with van der Waals surface area (Å²) in [6, 6.07) is 6.12. The molecule has 1 saturated heterocycles. The Morgan fingerprint density at radius 1 is 1.14 bits per heavy atom. The van der Waals surface area contributed by atoms with Gasteiger partial charge in [-0.05, 0) is 49.9 Å². The lowest BCUT2D eigenvalue weighted by atomic mass is 10.1. The number of ether oxygens (including phenoxy) is 1. The highest BCUT2D eigenvalue weighted by Crippen LogP contribution is 2.35. The van der Waals surface area contributed by atoms with Crippen molar-refractivity contribution in [1.29, 1.82) is 0 Å². The van der Waals surface area contributed by atoms with E-state index in [2.05, 4.69) is 30.0 Å². The van der Waals surface area contributed by atoms with Gasteiger partial charge in [-0.2, -0.15) is 0 Å². The predicted octanol–water partition coefficient (Wildman–Crippen LogP) is 6.08. The molecule has 0 bridgehead atoms. The number of benzene rings is 1. The lowest BCUT2D eigenvalue weighted by molar-refractivity contribution is -0.0298. The van der Waals surface area contributed by atoms with Crippen molar-refractivity contribution in [3.05, 3.63) is 54.8 Å². The maximum Gasteiger partial charge on any atom is 0.173 e. The van der Waals surface area contributed by atoms with Crippen LogP contribution in [0.3, 0.4) is 0 Å². The third-order valence-corrected chi connectivity index (χ3v) is 6.69. The molecule has 3 aromatic heterocycles. The molecule has 182 valence electrons. The van der Waals surface area contributed by atoms with E-state index in [0.29, 0.717) is 29.0 Å². The first-order chi connectivity index (χ1) is 17.2. The van der Waals surface area contributed by atoms with E-state index in [4.69, 9.17) is 4.74 Å². The van der Waals surface area contributed by atoms with E-state index >= 15 is 4.39 Å². The van der Waals surface area contributed by atoms with E-state index in [1.54, 1.807) is 24.7 Å². The minimum atomic E-state index is -0.725. The van der Waals surface area contributed by atoms with Gasteiger partial charge in [-0.1, -0.05) is 18.9 Å². The van der Waals surface area contributed by atoms with Gasteiger partial charge in [0.1, 0.15) is 41.1 Å². The number of fused-ring (bicyclic) bond motifs is 1. The van der Waals surface area contributed by atoms with Gasteiger partial charge in [0.25, 0.3) is 0 Å². The van der Waals surface area contributed by atoms with E-state index in [9.17, 15) is 4.39 Å². The van der Waals surface area contributed by atoms with Crippen LogP contribution < -0.4 is 10.0 Å².